The largest absolute Gasteiger partial charge is 0.450 e. The fourth-order valence-electron chi connectivity index (χ4n) is 1.82. The molecule has 1 aromatic rings. The molecule has 6 nitrogen and oxygen atoms in total. The number of hydrogen-bond acceptors (Lipinski definition) is 4. The van der Waals surface area contributed by atoms with Crippen molar-refractivity contribution in [1.82, 2.24) is 5.32 Å². The SMILES string of the molecule is CCOC(=O)NC(C(=O)Nc1ccc(OC(F)F)c(Cl)c1)C(C)C. The van der Waals surface area contributed by atoms with Gasteiger partial charge in [0.05, 0.1) is 11.6 Å². The summed E-state index contributed by atoms with van der Waals surface area (Å²) in [6.07, 6.45) is -0.704. The summed E-state index contributed by atoms with van der Waals surface area (Å²) < 4.78 is 33.3. The van der Waals surface area contributed by atoms with Crippen LogP contribution in [0.2, 0.25) is 5.02 Å². The third kappa shape index (κ3) is 6.19. The van der Waals surface area contributed by atoms with E-state index in [2.05, 4.69) is 15.4 Å². The molecule has 24 heavy (non-hydrogen) atoms. The van der Waals surface area contributed by atoms with E-state index in [0.717, 1.165) is 0 Å². The Morgan fingerprint density at radius 3 is 2.46 bits per heavy atom. The fraction of sp³-hybridized carbons (Fsp3) is 0.467. The van der Waals surface area contributed by atoms with Gasteiger partial charge in [0.1, 0.15) is 11.8 Å². The highest BCUT2D eigenvalue weighted by molar-refractivity contribution is 6.32. The van der Waals surface area contributed by atoms with Crippen molar-refractivity contribution in [3.05, 3.63) is 23.2 Å². The highest BCUT2D eigenvalue weighted by Gasteiger charge is 2.25. The molecule has 0 aromatic heterocycles. The Morgan fingerprint density at radius 1 is 1.29 bits per heavy atom. The molecule has 2 N–H and O–H groups in total. The number of ether oxygens (including phenoxy) is 2. The summed E-state index contributed by atoms with van der Waals surface area (Å²) in [7, 11) is 0. The zero-order valence-electron chi connectivity index (χ0n) is 13.4. The molecule has 0 radical (unpaired) electrons. The molecule has 0 bridgehead atoms. The van der Waals surface area contributed by atoms with Crippen LogP contribution in [0.3, 0.4) is 0 Å². The second kappa shape index (κ2) is 9.27. The minimum Gasteiger partial charge on any atom is -0.450 e. The smallest absolute Gasteiger partial charge is 0.407 e. The number of anilines is 1. The minimum absolute atomic E-state index is 0.0763. The Balaban J connectivity index is 2.80. The molecule has 1 unspecified atom stereocenters. The van der Waals surface area contributed by atoms with Crippen molar-refractivity contribution in [3.63, 3.8) is 0 Å². The topological polar surface area (TPSA) is 76.7 Å². The van der Waals surface area contributed by atoms with Gasteiger partial charge in [-0.15, -0.1) is 0 Å². The molecule has 0 saturated heterocycles. The van der Waals surface area contributed by atoms with Crippen LogP contribution >= 0.6 is 11.6 Å². The van der Waals surface area contributed by atoms with Crippen molar-refractivity contribution in [1.29, 1.82) is 0 Å². The molecule has 134 valence electrons. The van der Waals surface area contributed by atoms with E-state index in [0.29, 0.717) is 0 Å². The Kier molecular flexibility index (Phi) is 7.70. The maximum absolute atomic E-state index is 12.3. The number of benzene rings is 1. The predicted octanol–water partition coefficient (Wildman–Crippen LogP) is 3.65. The lowest BCUT2D eigenvalue weighted by molar-refractivity contribution is -0.119. The van der Waals surface area contributed by atoms with Gasteiger partial charge in [0.15, 0.2) is 0 Å². The standard InChI is InChI=1S/C15H19ClF2N2O4/c1-4-23-15(22)20-12(8(2)3)13(21)19-9-5-6-11(10(16)7-9)24-14(17)18/h5-8,12,14H,4H2,1-3H3,(H,19,21)(H,20,22). The normalized spacial score (nSPS) is 12.0. The molecule has 1 rings (SSSR count). The molecule has 0 fully saturated rings. The van der Waals surface area contributed by atoms with E-state index in [1.165, 1.54) is 18.2 Å². The number of hydrogen-bond donors (Lipinski definition) is 2. The van der Waals surface area contributed by atoms with E-state index >= 15 is 0 Å². The van der Waals surface area contributed by atoms with Gasteiger partial charge in [-0.1, -0.05) is 25.4 Å². The van der Waals surface area contributed by atoms with E-state index in [1.54, 1.807) is 20.8 Å². The maximum Gasteiger partial charge on any atom is 0.407 e. The third-order valence-corrected chi connectivity index (χ3v) is 3.21. The number of amides is 2. The van der Waals surface area contributed by atoms with E-state index in [4.69, 9.17) is 16.3 Å². The van der Waals surface area contributed by atoms with E-state index in [-0.39, 0.29) is 29.0 Å². The predicted molar refractivity (Wildman–Crippen MR) is 85.5 cm³/mol. The summed E-state index contributed by atoms with van der Waals surface area (Å²) in [6, 6.07) is 3.02. The van der Waals surface area contributed by atoms with Gasteiger partial charge in [-0.2, -0.15) is 8.78 Å². The average Bonchev–Trinajstić information content (AvgIpc) is 2.47. The fourth-order valence-corrected chi connectivity index (χ4v) is 2.05. The van der Waals surface area contributed by atoms with Crippen LogP contribution in [0.1, 0.15) is 20.8 Å². The van der Waals surface area contributed by atoms with Gasteiger partial charge in [0.25, 0.3) is 0 Å². The number of rotatable bonds is 7. The molecule has 2 amide bonds. The zero-order valence-corrected chi connectivity index (χ0v) is 14.2. The summed E-state index contributed by atoms with van der Waals surface area (Å²) in [5, 5.41) is 4.94. The van der Waals surface area contributed by atoms with Crippen LogP contribution in [0.4, 0.5) is 19.3 Å². The monoisotopic (exact) mass is 364 g/mol. The van der Waals surface area contributed by atoms with Gasteiger partial charge in [-0.05, 0) is 31.0 Å². The van der Waals surface area contributed by atoms with Crippen molar-refractivity contribution >= 4 is 29.3 Å². The quantitative estimate of drug-likeness (QED) is 0.774. The number of carbonyl (C=O) groups is 2. The molecule has 0 spiro atoms. The van der Waals surface area contributed by atoms with Crippen LogP contribution in [-0.2, 0) is 9.53 Å². The Labute approximate surface area is 143 Å². The summed E-state index contributed by atoms with van der Waals surface area (Å²) in [5.41, 5.74) is 0.280. The number of halogens is 3. The Morgan fingerprint density at radius 2 is 1.96 bits per heavy atom. The van der Waals surface area contributed by atoms with Gasteiger partial charge >= 0.3 is 12.7 Å². The van der Waals surface area contributed by atoms with Gasteiger partial charge in [-0.25, -0.2) is 4.79 Å². The lowest BCUT2D eigenvalue weighted by Gasteiger charge is -2.21. The molecule has 0 heterocycles. The van der Waals surface area contributed by atoms with Gasteiger partial charge in [-0.3, -0.25) is 4.79 Å². The first-order valence-corrected chi connectivity index (χ1v) is 7.60. The van der Waals surface area contributed by atoms with E-state index < -0.39 is 24.7 Å². The first kappa shape index (κ1) is 20.0. The van der Waals surface area contributed by atoms with E-state index in [9.17, 15) is 18.4 Å². The Bertz CT molecular complexity index is 585. The van der Waals surface area contributed by atoms with Gasteiger partial charge in [0, 0.05) is 5.69 Å². The number of nitrogens with one attached hydrogen (secondary N) is 2. The molecule has 1 aromatic carbocycles. The summed E-state index contributed by atoms with van der Waals surface area (Å²) in [4.78, 5) is 23.8. The van der Waals surface area contributed by atoms with Crippen molar-refractivity contribution in [2.75, 3.05) is 11.9 Å². The van der Waals surface area contributed by atoms with Crippen LogP contribution in [-0.4, -0.2) is 31.3 Å². The first-order valence-electron chi connectivity index (χ1n) is 7.23. The second-order valence-electron chi connectivity index (χ2n) is 5.10. The van der Waals surface area contributed by atoms with Crippen molar-refractivity contribution in [2.24, 2.45) is 5.92 Å². The van der Waals surface area contributed by atoms with Crippen LogP contribution < -0.4 is 15.4 Å². The third-order valence-electron chi connectivity index (χ3n) is 2.91. The minimum atomic E-state index is -3.00. The second-order valence-corrected chi connectivity index (χ2v) is 5.51. The summed E-state index contributed by atoms with van der Waals surface area (Å²) >= 11 is 5.83. The molecule has 0 aliphatic rings. The Hall–Kier alpha value is -2.09. The molecule has 9 heteroatoms. The maximum atomic E-state index is 12.3. The molecule has 0 saturated carbocycles. The van der Waals surface area contributed by atoms with E-state index in [1.807, 2.05) is 0 Å². The highest BCUT2D eigenvalue weighted by atomic mass is 35.5. The van der Waals surface area contributed by atoms with Crippen molar-refractivity contribution in [2.45, 2.75) is 33.4 Å². The number of alkyl carbamates (subject to hydrolysis) is 1. The molecular formula is C15H19ClF2N2O4. The summed E-state index contributed by atoms with van der Waals surface area (Å²) in [6.45, 7) is 2.34. The molecular weight excluding hydrogens is 346 g/mol. The molecule has 0 aliphatic carbocycles. The van der Waals surface area contributed by atoms with Crippen LogP contribution in [0.25, 0.3) is 0 Å². The van der Waals surface area contributed by atoms with Gasteiger partial charge < -0.3 is 20.1 Å². The lowest BCUT2D eigenvalue weighted by atomic mass is 10.0. The van der Waals surface area contributed by atoms with Gasteiger partial charge in [0.2, 0.25) is 5.91 Å². The highest BCUT2D eigenvalue weighted by Crippen LogP contribution is 2.29. The average molecular weight is 365 g/mol. The lowest BCUT2D eigenvalue weighted by Crippen LogP contribution is -2.47. The van der Waals surface area contributed by atoms with Crippen LogP contribution in [0.15, 0.2) is 18.2 Å². The van der Waals surface area contributed by atoms with Crippen LogP contribution in [0, 0.1) is 5.92 Å². The van der Waals surface area contributed by atoms with Crippen molar-refractivity contribution in [3.8, 4) is 5.75 Å². The number of alkyl halides is 2. The molecule has 0 aliphatic heterocycles. The van der Waals surface area contributed by atoms with Crippen LogP contribution in [0.5, 0.6) is 5.75 Å². The molecule has 1 atom stereocenters. The summed E-state index contributed by atoms with van der Waals surface area (Å²) in [5.74, 6) is -0.891. The van der Waals surface area contributed by atoms with Crippen molar-refractivity contribution < 1.29 is 27.8 Å². The number of carbonyl (C=O) groups excluding carboxylic acids is 2. The zero-order chi connectivity index (χ0) is 18.3. The first-order chi connectivity index (χ1) is 11.2.